The lowest BCUT2D eigenvalue weighted by Crippen LogP contribution is -2.05. The number of aromatic nitrogens is 1. The third-order valence-electron chi connectivity index (χ3n) is 2.77. The van der Waals surface area contributed by atoms with Gasteiger partial charge in [0.15, 0.2) is 0 Å². The highest BCUT2D eigenvalue weighted by Gasteiger charge is 2.13. The molecule has 2 nitrogen and oxygen atoms in total. The van der Waals surface area contributed by atoms with Crippen molar-refractivity contribution in [3.8, 4) is 0 Å². The Morgan fingerprint density at radius 3 is 2.50 bits per heavy atom. The first-order valence-electron chi connectivity index (χ1n) is 5.61. The Balaban J connectivity index is 2.22. The van der Waals surface area contributed by atoms with Crippen molar-refractivity contribution in [3.05, 3.63) is 65.0 Å². The molecule has 1 unspecified atom stereocenters. The molecule has 2 rings (SSSR count). The van der Waals surface area contributed by atoms with Crippen LogP contribution in [0.25, 0.3) is 0 Å². The number of halogens is 2. The molecule has 0 radical (unpaired) electrons. The van der Waals surface area contributed by atoms with Crippen LogP contribution in [0.3, 0.4) is 0 Å². The van der Waals surface area contributed by atoms with E-state index in [-0.39, 0.29) is 12.0 Å². The average molecular weight is 249 g/mol. The summed E-state index contributed by atoms with van der Waals surface area (Å²) in [4.78, 5) is 4.14. The predicted molar refractivity (Wildman–Crippen MR) is 64.0 cm³/mol. The second kappa shape index (κ2) is 5.23. The lowest BCUT2D eigenvalue weighted by Gasteiger charge is -2.12. The van der Waals surface area contributed by atoms with Gasteiger partial charge in [0.1, 0.15) is 11.6 Å². The number of aliphatic hydroxyl groups is 1. The fourth-order valence-electron chi connectivity index (χ4n) is 1.80. The molecule has 4 heteroatoms. The van der Waals surface area contributed by atoms with Gasteiger partial charge in [0.2, 0.25) is 0 Å². The molecule has 1 N–H and O–H groups in total. The lowest BCUT2D eigenvalue weighted by atomic mass is 10.0. The van der Waals surface area contributed by atoms with Gasteiger partial charge >= 0.3 is 0 Å². The Bertz CT molecular complexity index is 537. The van der Waals surface area contributed by atoms with E-state index in [2.05, 4.69) is 4.98 Å². The number of pyridine rings is 1. The predicted octanol–water partition coefficient (Wildman–Crippen LogP) is 2.94. The zero-order valence-electron chi connectivity index (χ0n) is 9.90. The van der Waals surface area contributed by atoms with Gasteiger partial charge in [0.05, 0.1) is 6.10 Å². The van der Waals surface area contributed by atoms with Crippen LogP contribution < -0.4 is 0 Å². The van der Waals surface area contributed by atoms with E-state index in [9.17, 15) is 13.9 Å². The van der Waals surface area contributed by atoms with Crippen molar-refractivity contribution in [1.29, 1.82) is 0 Å². The molecular weight excluding hydrogens is 236 g/mol. The summed E-state index contributed by atoms with van der Waals surface area (Å²) >= 11 is 0. The highest BCUT2D eigenvalue weighted by Crippen LogP contribution is 2.20. The summed E-state index contributed by atoms with van der Waals surface area (Å²) in [5.74, 6) is -1.39. The van der Waals surface area contributed by atoms with Gasteiger partial charge in [-0.1, -0.05) is 6.07 Å². The van der Waals surface area contributed by atoms with Crippen molar-refractivity contribution in [2.75, 3.05) is 0 Å². The van der Waals surface area contributed by atoms with E-state index in [1.165, 1.54) is 0 Å². The fraction of sp³-hybridized carbons (Fsp3) is 0.214. The van der Waals surface area contributed by atoms with Gasteiger partial charge in [-0.05, 0) is 36.2 Å². The summed E-state index contributed by atoms with van der Waals surface area (Å²) in [6.07, 6.45) is 0.889. The summed E-state index contributed by atoms with van der Waals surface area (Å²) in [5.41, 5.74) is 1.88. The molecule has 0 aliphatic heterocycles. The van der Waals surface area contributed by atoms with Crippen LogP contribution in [-0.2, 0) is 6.42 Å². The highest BCUT2D eigenvalue weighted by atomic mass is 19.1. The molecule has 0 saturated carbocycles. The van der Waals surface area contributed by atoms with Crippen LogP contribution in [0.1, 0.15) is 22.9 Å². The number of aryl methyl sites for hydroxylation is 1. The molecule has 0 fully saturated rings. The monoisotopic (exact) mass is 249 g/mol. The van der Waals surface area contributed by atoms with E-state index in [4.69, 9.17) is 0 Å². The van der Waals surface area contributed by atoms with Gasteiger partial charge in [-0.25, -0.2) is 8.78 Å². The molecule has 1 heterocycles. The summed E-state index contributed by atoms with van der Waals surface area (Å²) < 4.78 is 26.1. The molecule has 0 aliphatic carbocycles. The first-order chi connectivity index (χ1) is 8.56. The Labute approximate surface area is 104 Å². The maximum Gasteiger partial charge on any atom is 0.126 e. The molecular formula is C14H13F2NO. The molecule has 0 spiro atoms. The van der Waals surface area contributed by atoms with Crippen LogP contribution in [-0.4, -0.2) is 10.1 Å². The van der Waals surface area contributed by atoms with Crippen LogP contribution in [0.4, 0.5) is 8.78 Å². The van der Waals surface area contributed by atoms with Crippen LogP contribution >= 0.6 is 0 Å². The highest BCUT2D eigenvalue weighted by molar-refractivity contribution is 5.24. The van der Waals surface area contributed by atoms with Crippen molar-refractivity contribution in [2.24, 2.45) is 0 Å². The number of hydrogen-bond donors (Lipinski definition) is 1. The Hall–Kier alpha value is -1.81. The van der Waals surface area contributed by atoms with Gasteiger partial charge in [-0.2, -0.15) is 0 Å². The van der Waals surface area contributed by atoms with E-state index in [0.717, 1.165) is 29.5 Å². The van der Waals surface area contributed by atoms with Gasteiger partial charge in [-0.3, -0.25) is 4.98 Å². The van der Waals surface area contributed by atoms with Crippen molar-refractivity contribution < 1.29 is 13.9 Å². The average Bonchev–Trinajstić information content (AvgIpc) is 2.31. The zero-order valence-corrected chi connectivity index (χ0v) is 9.90. The largest absolute Gasteiger partial charge is 0.388 e. The molecule has 1 aromatic carbocycles. The van der Waals surface area contributed by atoms with Gasteiger partial charge < -0.3 is 5.11 Å². The van der Waals surface area contributed by atoms with E-state index >= 15 is 0 Å². The summed E-state index contributed by atoms with van der Waals surface area (Å²) in [6.45, 7) is 1.88. The number of rotatable bonds is 3. The Morgan fingerprint density at radius 2 is 1.89 bits per heavy atom. The van der Waals surface area contributed by atoms with E-state index in [1.54, 1.807) is 12.3 Å². The molecule has 0 bridgehead atoms. The van der Waals surface area contributed by atoms with E-state index in [1.807, 2.05) is 13.0 Å². The minimum atomic E-state index is -0.969. The second-order valence-corrected chi connectivity index (χ2v) is 4.19. The smallest absolute Gasteiger partial charge is 0.126 e. The summed E-state index contributed by atoms with van der Waals surface area (Å²) in [6, 6.07) is 6.72. The third kappa shape index (κ3) is 2.90. The normalized spacial score (nSPS) is 12.4. The second-order valence-electron chi connectivity index (χ2n) is 4.19. The minimum Gasteiger partial charge on any atom is -0.388 e. The molecule has 2 aromatic rings. The van der Waals surface area contributed by atoms with Crippen molar-refractivity contribution in [3.63, 3.8) is 0 Å². The quantitative estimate of drug-likeness (QED) is 0.907. The van der Waals surface area contributed by atoms with Crippen LogP contribution in [0, 0.1) is 18.6 Å². The molecule has 0 aliphatic rings. The number of benzene rings is 1. The van der Waals surface area contributed by atoms with E-state index < -0.39 is 17.7 Å². The maximum absolute atomic E-state index is 13.0. The Morgan fingerprint density at radius 1 is 1.22 bits per heavy atom. The van der Waals surface area contributed by atoms with Crippen LogP contribution in [0.15, 0.2) is 36.5 Å². The molecule has 0 amide bonds. The molecule has 1 atom stereocenters. The number of nitrogens with zero attached hydrogens (tertiary/aromatic N) is 1. The topological polar surface area (TPSA) is 33.1 Å². The molecule has 0 saturated heterocycles. The van der Waals surface area contributed by atoms with Crippen molar-refractivity contribution >= 4 is 0 Å². The zero-order chi connectivity index (χ0) is 13.1. The number of aliphatic hydroxyl groups excluding tert-OH is 1. The van der Waals surface area contributed by atoms with Crippen molar-refractivity contribution in [1.82, 2.24) is 4.98 Å². The first-order valence-corrected chi connectivity index (χ1v) is 5.61. The fourth-order valence-corrected chi connectivity index (χ4v) is 1.80. The molecule has 94 valence electrons. The summed E-state index contributed by atoms with van der Waals surface area (Å²) in [7, 11) is 0. The van der Waals surface area contributed by atoms with Crippen molar-refractivity contribution in [2.45, 2.75) is 19.4 Å². The number of hydrogen-bond acceptors (Lipinski definition) is 2. The van der Waals surface area contributed by atoms with Crippen LogP contribution in [0.5, 0.6) is 0 Å². The SMILES string of the molecule is Cc1cccnc1CC(O)c1cc(F)cc(F)c1. The molecule has 1 aromatic heterocycles. The van der Waals surface area contributed by atoms with Gasteiger partial charge in [0.25, 0.3) is 0 Å². The minimum absolute atomic E-state index is 0.220. The maximum atomic E-state index is 13.0. The van der Waals surface area contributed by atoms with Crippen LogP contribution in [0.2, 0.25) is 0 Å². The lowest BCUT2D eigenvalue weighted by molar-refractivity contribution is 0.176. The third-order valence-corrected chi connectivity index (χ3v) is 2.77. The van der Waals surface area contributed by atoms with E-state index in [0.29, 0.717) is 0 Å². The Kier molecular flexibility index (Phi) is 3.67. The molecule has 18 heavy (non-hydrogen) atoms. The standard InChI is InChI=1S/C14H13F2NO/c1-9-3-2-4-17-13(9)8-14(18)10-5-11(15)7-12(16)6-10/h2-7,14,18H,8H2,1H3. The van der Waals surface area contributed by atoms with Gasteiger partial charge in [0, 0.05) is 24.4 Å². The van der Waals surface area contributed by atoms with Gasteiger partial charge in [-0.15, -0.1) is 0 Å². The summed E-state index contributed by atoms with van der Waals surface area (Å²) in [5, 5.41) is 9.97. The first kappa shape index (κ1) is 12.6.